The first-order chi connectivity index (χ1) is 19.1. The Labute approximate surface area is 258 Å². The lowest BCUT2D eigenvalue weighted by Crippen LogP contribution is -2.58. The first-order valence-corrected chi connectivity index (χ1v) is 19.1. The summed E-state index contributed by atoms with van der Waals surface area (Å²) in [5, 5.41) is 0. The quantitative estimate of drug-likeness (QED) is 0.319. The summed E-state index contributed by atoms with van der Waals surface area (Å²) in [6.45, 7) is 27.2. The molecule has 9 fully saturated rings. The fourth-order valence-corrected chi connectivity index (χ4v) is 14.2. The Bertz CT molecular complexity index is 811. The van der Waals surface area contributed by atoms with Crippen molar-refractivity contribution in [3.05, 3.63) is 0 Å². The van der Waals surface area contributed by atoms with Crippen molar-refractivity contribution < 1.29 is 0 Å². The average Bonchev–Trinajstić information content (AvgIpc) is 3.37. The van der Waals surface area contributed by atoms with E-state index in [1.54, 1.807) is 64.2 Å². The second-order valence-electron chi connectivity index (χ2n) is 19.9. The van der Waals surface area contributed by atoms with Crippen LogP contribution in [0.15, 0.2) is 0 Å². The summed E-state index contributed by atoms with van der Waals surface area (Å²) < 4.78 is 0. The molecule has 0 amide bonds. The summed E-state index contributed by atoms with van der Waals surface area (Å²) in [4.78, 5) is 0. The first kappa shape index (κ1) is 32.4. The van der Waals surface area contributed by atoms with Crippen molar-refractivity contribution in [1.82, 2.24) is 0 Å². The zero-order valence-electron chi connectivity index (χ0n) is 30.0. The molecule has 0 nitrogen and oxygen atoms in total. The summed E-state index contributed by atoms with van der Waals surface area (Å²) in [5.41, 5.74) is 3.08. The van der Waals surface area contributed by atoms with Crippen LogP contribution in [0.1, 0.15) is 179 Å². The Kier molecular flexibility index (Phi) is 9.02. The molecule has 8 bridgehead atoms. The van der Waals surface area contributed by atoms with Gasteiger partial charge in [0.2, 0.25) is 0 Å². The smallest absolute Gasteiger partial charge is 0.0195 e. The maximum Gasteiger partial charge on any atom is -0.0195 e. The highest BCUT2D eigenvalue weighted by Crippen LogP contribution is 2.69. The lowest BCUT2D eigenvalue weighted by atomic mass is 9.39. The Balaban J connectivity index is 0.000000127. The maximum atomic E-state index is 2.61. The average molecular weight is 567 g/mol. The van der Waals surface area contributed by atoms with E-state index in [-0.39, 0.29) is 0 Å². The third-order valence-corrected chi connectivity index (χ3v) is 16.6. The van der Waals surface area contributed by atoms with Gasteiger partial charge in [0, 0.05) is 0 Å². The molecular formula is C41H74. The molecule has 0 N–H and O–H groups in total. The molecule has 0 unspecified atom stereocenters. The Morgan fingerprint density at radius 2 is 0.902 bits per heavy atom. The molecule has 0 atom stereocenters. The molecule has 0 heterocycles. The lowest BCUT2D eigenvalue weighted by molar-refractivity contribution is -0.166. The SMILES string of the molecule is CC(C)(C)C1(C)C2CC3CC(C2)CC1C3.CCC1(C(C)(C)C)C2CC3CC(C2)CC1C3.CCC1(C(C)C)CCCC1. The third kappa shape index (κ3) is 5.44. The molecule has 9 aliphatic rings. The predicted molar refractivity (Wildman–Crippen MR) is 180 cm³/mol. The molecule has 238 valence electrons. The van der Waals surface area contributed by atoms with E-state index < -0.39 is 0 Å². The topological polar surface area (TPSA) is 0 Å². The zero-order chi connectivity index (χ0) is 30.0. The van der Waals surface area contributed by atoms with Gasteiger partial charge in [0.15, 0.2) is 0 Å². The van der Waals surface area contributed by atoms with Gasteiger partial charge in [0.05, 0.1) is 0 Å². The van der Waals surface area contributed by atoms with Gasteiger partial charge < -0.3 is 0 Å². The predicted octanol–water partition coefficient (Wildman–Crippen LogP) is 13.0. The molecule has 0 radical (unpaired) electrons. The van der Waals surface area contributed by atoms with Crippen LogP contribution < -0.4 is 0 Å². The summed E-state index contributed by atoms with van der Waals surface area (Å²) in [5.74, 6) is 9.59. The molecule has 0 aromatic carbocycles. The van der Waals surface area contributed by atoms with E-state index in [1.807, 2.05) is 0 Å². The van der Waals surface area contributed by atoms with Crippen molar-refractivity contribution in [3.63, 3.8) is 0 Å². The Morgan fingerprint density at radius 1 is 0.537 bits per heavy atom. The second-order valence-corrected chi connectivity index (χ2v) is 19.9. The monoisotopic (exact) mass is 567 g/mol. The molecule has 0 aliphatic heterocycles. The van der Waals surface area contributed by atoms with Crippen molar-refractivity contribution in [2.75, 3.05) is 0 Å². The van der Waals surface area contributed by atoms with E-state index in [2.05, 4.69) is 76.2 Å². The molecule has 0 aromatic rings. The minimum atomic E-state index is 0.510. The summed E-state index contributed by atoms with van der Waals surface area (Å²) in [6, 6.07) is 0. The van der Waals surface area contributed by atoms with E-state index >= 15 is 0 Å². The van der Waals surface area contributed by atoms with Gasteiger partial charge in [0.25, 0.3) is 0 Å². The molecule has 9 saturated carbocycles. The van der Waals surface area contributed by atoms with Gasteiger partial charge in [-0.2, -0.15) is 0 Å². The molecule has 41 heavy (non-hydrogen) atoms. The Hall–Kier alpha value is 0. The lowest BCUT2D eigenvalue weighted by Gasteiger charge is -2.66. The molecule has 0 aromatic heterocycles. The normalized spacial score (nSPS) is 45.4. The third-order valence-electron chi connectivity index (χ3n) is 16.6. The molecule has 0 saturated heterocycles. The van der Waals surface area contributed by atoms with Crippen molar-refractivity contribution in [3.8, 4) is 0 Å². The van der Waals surface area contributed by atoms with Crippen LogP contribution in [0.3, 0.4) is 0 Å². The van der Waals surface area contributed by atoms with Crippen LogP contribution in [0, 0.1) is 80.3 Å². The van der Waals surface area contributed by atoms with Crippen molar-refractivity contribution in [2.24, 2.45) is 80.3 Å². The highest BCUT2D eigenvalue weighted by Gasteiger charge is 2.61. The Morgan fingerprint density at radius 3 is 1.15 bits per heavy atom. The van der Waals surface area contributed by atoms with E-state index in [0.717, 1.165) is 58.7 Å². The standard InChI is InChI=1S/C16H28.C15H26.C10H20/c1-5-16(15(2,3)4)13-7-11-6-12(9-13)10-14(16)8-11;1-14(2,3)15(4)12-6-10-5-11(8-12)9-13(15)7-10;1-4-10(9(2)3)7-5-6-8-10/h11-14H,5-10H2,1-4H3;10-13H,5-9H2,1-4H3;9H,4-8H2,1-3H3. The van der Waals surface area contributed by atoms with Crippen molar-refractivity contribution in [2.45, 2.75) is 179 Å². The van der Waals surface area contributed by atoms with Crippen LogP contribution in [-0.2, 0) is 0 Å². The summed E-state index contributed by atoms with van der Waals surface area (Å²) in [6.07, 6.45) is 24.4. The summed E-state index contributed by atoms with van der Waals surface area (Å²) >= 11 is 0. The maximum absolute atomic E-state index is 2.61. The second kappa shape index (κ2) is 11.4. The fraction of sp³-hybridized carbons (Fsp3) is 1.00. The minimum Gasteiger partial charge on any atom is -0.0648 e. The summed E-state index contributed by atoms with van der Waals surface area (Å²) in [7, 11) is 0. The molecule has 0 heteroatoms. The highest BCUT2D eigenvalue weighted by molar-refractivity contribution is 5.10. The van der Waals surface area contributed by atoms with Gasteiger partial charge in [-0.25, -0.2) is 0 Å². The largest absolute Gasteiger partial charge is 0.0648 e. The van der Waals surface area contributed by atoms with Crippen molar-refractivity contribution in [1.29, 1.82) is 0 Å². The van der Waals surface area contributed by atoms with Crippen molar-refractivity contribution >= 4 is 0 Å². The van der Waals surface area contributed by atoms with Crippen LogP contribution in [0.4, 0.5) is 0 Å². The van der Waals surface area contributed by atoms with E-state index in [9.17, 15) is 0 Å². The molecular weight excluding hydrogens is 492 g/mol. The molecule has 9 aliphatic carbocycles. The van der Waals surface area contributed by atoms with Gasteiger partial charge in [0.1, 0.15) is 0 Å². The first-order valence-electron chi connectivity index (χ1n) is 19.1. The van der Waals surface area contributed by atoms with Crippen LogP contribution in [0.25, 0.3) is 0 Å². The molecule has 9 rings (SSSR count). The van der Waals surface area contributed by atoms with E-state index in [1.165, 1.54) is 38.5 Å². The number of rotatable bonds is 3. The number of hydrogen-bond donors (Lipinski definition) is 0. The fourth-order valence-electron chi connectivity index (χ4n) is 14.2. The zero-order valence-corrected chi connectivity index (χ0v) is 30.0. The highest BCUT2D eigenvalue weighted by atomic mass is 14.7. The van der Waals surface area contributed by atoms with Crippen LogP contribution in [-0.4, -0.2) is 0 Å². The molecule has 0 spiro atoms. The van der Waals surface area contributed by atoms with E-state index in [4.69, 9.17) is 0 Å². The number of hydrogen-bond acceptors (Lipinski definition) is 0. The van der Waals surface area contributed by atoms with Crippen LogP contribution in [0.5, 0.6) is 0 Å². The minimum absolute atomic E-state index is 0.510. The van der Waals surface area contributed by atoms with Gasteiger partial charge in [-0.3, -0.25) is 0 Å². The van der Waals surface area contributed by atoms with Crippen LogP contribution >= 0.6 is 0 Å². The van der Waals surface area contributed by atoms with E-state index in [0.29, 0.717) is 21.7 Å². The van der Waals surface area contributed by atoms with Gasteiger partial charge >= 0.3 is 0 Å². The van der Waals surface area contributed by atoms with Crippen LogP contribution in [0.2, 0.25) is 0 Å². The van der Waals surface area contributed by atoms with Gasteiger partial charge in [-0.15, -0.1) is 0 Å². The van der Waals surface area contributed by atoms with Gasteiger partial charge in [-0.1, -0.05) is 95.4 Å². The van der Waals surface area contributed by atoms with Gasteiger partial charge in [-0.05, 0) is 164 Å².